The van der Waals surface area contributed by atoms with Gasteiger partial charge in [0.05, 0.1) is 6.54 Å². The molecule has 2 unspecified atom stereocenters. The van der Waals surface area contributed by atoms with Crippen LogP contribution in [-0.4, -0.2) is 49.9 Å². The maximum atomic E-state index is 16.0. The van der Waals surface area contributed by atoms with Crippen LogP contribution in [0.2, 0.25) is 0 Å². The van der Waals surface area contributed by atoms with Crippen molar-refractivity contribution in [3.8, 4) is 23.3 Å². The van der Waals surface area contributed by atoms with Gasteiger partial charge in [0.1, 0.15) is 42.1 Å². The largest absolute Gasteiger partial charge is 0.573 e. The SMILES string of the molecule is OC(Cn1cnnn1)(c1ccc(F)cc1F)C(F)(F)C1CC=C(C#Cc2ccc(OCc3cccc(OC(F)(F)F)c3)cc2)C=N1. The summed E-state index contributed by atoms with van der Waals surface area (Å²) in [6.45, 7) is -0.968. The molecular weight excluding hydrogens is 623 g/mol. The summed E-state index contributed by atoms with van der Waals surface area (Å²) in [6, 6.07) is 11.9. The molecule has 4 aromatic rings. The lowest BCUT2D eigenvalue weighted by Crippen LogP contribution is -2.55. The lowest BCUT2D eigenvalue weighted by atomic mass is 9.81. The zero-order valence-corrected chi connectivity index (χ0v) is 23.4. The molecule has 2 atom stereocenters. The zero-order valence-electron chi connectivity index (χ0n) is 23.4. The molecular formula is C31H22F7N5O3. The fraction of sp³-hybridized carbons (Fsp3) is 0.226. The van der Waals surface area contributed by atoms with Gasteiger partial charge < -0.3 is 14.6 Å². The molecule has 1 aliphatic rings. The Morgan fingerprint density at radius 3 is 2.37 bits per heavy atom. The van der Waals surface area contributed by atoms with E-state index in [9.17, 15) is 27.1 Å². The molecule has 1 aromatic heterocycles. The zero-order chi connectivity index (χ0) is 33.0. The Labute approximate surface area is 256 Å². The first-order valence-corrected chi connectivity index (χ1v) is 13.4. The number of aliphatic imine (C=N–C) groups is 1. The van der Waals surface area contributed by atoms with Gasteiger partial charge in [0.25, 0.3) is 0 Å². The smallest absolute Gasteiger partial charge is 0.489 e. The van der Waals surface area contributed by atoms with E-state index < -0.39 is 47.7 Å². The number of alkyl halides is 5. The van der Waals surface area contributed by atoms with Crippen LogP contribution >= 0.6 is 0 Å². The quantitative estimate of drug-likeness (QED) is 0.184. The molecule has 238 valence electrons. The summed E-state index contributed by atoms with van der Waals surface area (Å²) in [6.07, 6.45) is -1.70. The highest BCUT2D eigenvalue weighted by Gasteiger charge is 2.60. The first-order valence-electron chi connectivity index (χ1n) is 13.4. The van der Waals surface area contributed by atoms with Crippen molar-refractivity contribution in [3.63, 3.8) is 0 Å². The number of dihydropyridines is 1. The number of halogens is 7. The Balaban J connectivity index is 1.24. The molecule has 1 N–H and O–H groups in total. The molecule has 8 nitrogen and oxygen atoms in total. The Kier molecular flexibility index (Phi) is 9.10. The Morgan fingerprint density at radius 2 is 1.72 bits per heavy atom. The summed E-state index contributed by atoms with van der Waals surface area (Å²) < 4.78 is 108. The highest BCUT2D eigenvalue weighted by molar-refractivity contribution is 5.86. The number of tetrazole rings is 1. The number of hydrogen-bond acceptors (Lipinski definition) is 7. The van der Waals surface area contributed by atoms with Crippen molar-refractivity contribution < 1.29 is 45.3 Å². The third-order valence-corrected chi connectivity index (χ3v) is 6.83. The van der Waals surface area contributed by atoms with Gasteiger partial charge in [-0.05, 0) is 70.9 Å². The molecule has 46 heavy (non-hydrogen) atoms. The van der Waals surface area contributed by atoms with E-state index in [-0.39, 0.29) is 18.8 Å². The van der Waals surface area contributed by atoms with E-state index in [0.29, 0.717) is 28.5 Å². The summed E-state index contributed by atoms with van der Waals surface area (Å²) in [7, 11) is 0. The van der Waals surface area contributed by atoms with Crippen LogP contribution in [0.3, 0.4) is 0 Å². The molecule has 0 bridgehead atoms. The number of rotatable bonds is 9. The van der Waals surface area contributed by atoms with Crippen LogP contribution in [0.25, 0.3) is 0 Å². The highest BCUT2D eigenvalue weighted by atomic mass is 19.4. The van der Waals surface area contributed by atoms with E-state index in [2.05, 4.69) is 37.1 Å². The second kappa shape index (κ2) is 13.0. The molecule has 15 heteroatoms. The molecule has 0 fully saturated rings. The van der Waals surface area contributed by atoms with Crippen LogP contribution in [-0.2, 0) is 18.8 Å². The maximum Gasteiger partial charge on any atom is 0.573 e. The van der Waals surface area contributed by atoms with Gasteiger partial charge in [0.2, 0.25) is 0 Å². The van der Waals surface area contributed by atoms with Crippen LogP contribution in [0.1, 0.15) is 23.1 Å². The van der Waals surface area contributed by atoms with E-state index in [1.807, 2.05) is 0 Å². The number of aliphatic hydroxyl groups is 1. The standard InChI is InChI=1S/C31H22F7N5O3/c32-23-9-12-26(27(33)15-23)29(44,18-43-19-40-41-42-43)30(34,35)28-13-8-21(16-39-28)5-4-20-6-10-24(11-7-20)45-17-22-2-1-3-25(14-22)46-31(36,37)38/h1-3,6-12,14-16,19,28,44H,13,17-18H2. The molecule has 3 aromatic carbocycles. The molecule has 0 spiro atoms. The lowest BCUT2D eigenvalue weighted by Gasteiger charge is -2.39. The van der Waals surface area contributed by atoms with E-state index in [0.717, 1.165) is 29.4 Å². The van der Waals surface area contributed by atoms with E-state index in [4.69, 9.17) is 4.74 Å². The van der Waals surface area contributed by atoms with Crippen molar-refractivity contribution in [1.82, 2.24) is 20.2 Å². The minimum Gasteiger partial charge on any atom is -0.489 e. The predicted octanol–water partition coefficient (Wildman–Crippen LogP) is 5.77. The van der Waals surface area contributed by atoms with Gasteiger partial charge in [-0.25, -0.2) is 22.2 Å². The normalized spacial score (nSPS) is 16.2. The monoisotopic (exact) mass is 645 g/mol. The van der Waals surface area contributed by atoms with Gasteiger partial charge in [0.15, 0.2) is 5.60 Å². The fourth-order valence-electron chi connectivity index (χ4n) is 4.58. The van der Waals surface area contributed by atoms with Crippen LogP contribution < -0.4 is 9.47 Å². The average molecular weight is 646 g/mol. The second-order valence-electron chi connectivity index (χ2n) is 10.1. The molecule has 0 amide bonds. The van der Waals surface area contributed by atoms with Crippen molar-refractivity contribution in [2.24, 2.45) is 4.99 Å². The van der Waals surface area contributed by atoms with Gasteiger partial charge in [-0.2, -0.15) is 0 Å². The van der Waals surface area contributed by atoms with Gasteiger partial charge in [-0.3, -0.25) is 4.99 Å². The predicted molar refractivity (Wildman–Crippen MR) is 149 cm³/mol. The summed E-state index contributed by atoms with van der Waals surface area (Å²) in [5.41, 5.74) is -2.75. The first kappa shape index (κ1) is 32.2. The molecule has 0 saturated heterocycles. The van der Waals surface area contributed by atoms with Gasteiger partial charge in [-0.15, -0.1) is 18.3 Å². The number of ether oxygens (including phenoxy) is 2. The molecule has 0 radical (unpaired) electrons. The van der Waals surface area contributed by atoms with Crippen molar-refractivity contribution in [2.75, 3.05) is 0 Å². The van der Waals surface area contributed by atoms with Gasteiger partial charge >= 0.3 is 12.3 Å². The number of hydrogen-bond donors (Lipinski definition) is 1. The number of nitrogens with zero attached hydrogens (tertiary/aromatic N) is 5. The minimum atomic E-state index is -4.81. The highest BCUT2D eigenvalue weighted by Crippen LogP contribution is 2.45. The van der Waals surface area contributed by atoms with Crippen molar-refractivity contribution in [3.05, 3.63) is 113 Å². The number of benzene rings is 3. The fourth-order valence-corrected chi connectivity index (χ4v) is 4.58. The lowest BCUT2D eigenvalue weighted by molar-refractivity contribution is -0.274. The van der Waals surface area contributed by atoms with Gasteiger partial charge in [0, 0.05) is 29.0 Å². The van der Waals surface area contributed by atoms with Crippen LogP contribution in [0.4, 0.5) is 30.7 Å². The summed E-state index contributed by atoms with van der Waals surface area (Å²) in [5, 5.41) is 21.5. The molecule has 1 aliphatic heterocycles. The third kappa shape index (κ3) is 7.52. The minimum absolute atomic E-state index is 0.0200. The Hall–Kier alpha value is -5.23. The average Bonchev–Trinajstić information content (AvgIpc) is 3.52. The summed E-state index contributed by atoms with van der Waals surface area (Å²) in [5.74, 6) is -0.740. The molecule has 0 aliphatic carbocycles. The van der Waals surface area contributed by atoms with E-state index in [1.54, 1.807) is 30.3 Å². The topological polar surface area (TPSA) is 94.7 Å². The third-order valence-electron chi connectivity index (χ3n) is 6.83. The maximum absolute atomic E-state index is 16.0. The van der Waals surface area contributed by atoms with Gasteiger partial charge in [-0.1, -0.05) is 30.0 Å². The molecule has 2 heterocycles. The van der Waals surface area contributed by atoms with E-state index >= 15 is 8.78 Å². The molecule has 5 rings (SSSR count). The van der Waals surface area contributed by atoms with E-state index in [1.165, 1.54) is 24.3 Å². The summed E-state index contributed by atoms with van der Waals surface area (Å²) in [4.78, 5) is 3.90. The van der Waals surface area contributed by atoms with Crippen molar-refractivity contribution >= 4 is 6.21 Å². The van der Waals surface area contributed by atoms with Crippen LogP contribution in [0.5, 0.6) is 11.5 Å². The van der Waals surface area contributed by atoms with Crippen molar-refractivity contribution in [2.45, 2.75) is 43.5 Å². The molecule has 0 saturated carbocycles. The van der Waals surface area contributed by atoms with Crippen molar-refractivity contribution in [1.29, 1.82) is 0 Å². The second-order valence-corrected chi connectivity index (χ2v) is 10.1. The summed E-state index contributed by atoms with van der Waals surface area (Å²) >= 11 is 0. The number of aromatic nitrogens is 4. The first-order chi connectivity index (χ1) is 21.8. The number of allylic oxidation sites excluding steroid dienone is 1. The van der Waals surface area contributed by atoms with Crippen LogP contribution in [0.15, 0.2) is 89.7 Å². The Morgan fingerprint density at radius 1 is 0.935 bits per heavy atom. The Bertz CT molecular complexity index is 1800. The van der Waals surface area contributed by atoms with Crippen LogP contribution in [0, 0.1) is 23.5 Å².